The normalized spacial score (nSPS) is 11.3. The maximum atomic E-state index is 2.41. The second kappa shape index (κ2) is 60.5. The number of nitrogens with zero attached hydrogens (tertiary/aromatic N) is 2. The molecule has 0 atom stereocenters. The van der Waals surface area contributed by atoms with Crippen molar-refractivity contribution < 1.29 is 0 Å². The Morgan fingerprint density at radius 1 is 0.140 bits per heavy atom. The summed E-state index contributed by atoms with van der Waals surface area (Å²) in [4.78, 5) is 0. The fourth-order valence-electron chi connectivity index (χ4n) is 20.8. The molecular formula is C141H182N2. The minimum absolute atomic E-state index is 0.195. The molecule has 0 unspecified atom stereocenters. The van der Waals surface area contributed by atoms with Gasteiger partial charge in [0.25, 0.3) is 0 Å². The van der Waals surface area contributed by atoms with Gasteiger partial charge >= 0.3 is 0 Å². The molecule has 143 heavy (non-hydrogen) atoms. The van der Waals surface area contributed by atoms with Crippen molar-refractivity contribution in [1.29, 1.82) is 0 Å². The highest BCUT2D eigenvalue weighted by molar-refractivity contribution is 6.10. The fraction of sp³-hybridized carbons (Fsp3) is 0.319. The van der Waals surface area contributed by atoms with Gasteiger partial charge < -0.3 is 9.13 Å². The first-order valence-electron chi connectivity index (χ1n) is 55.3. The second-order valence-electron chi connectivity index (χ2n) is 32.0. The summed E-state index contributed by atoms with van der Waals surface area (Å²) in [7, 11) is 4.25. The Morgan fingerprint density at radius 3 is 0.636 bits per heavy atom. The predicted molar refractivity (Wildman–Crippen MR) is 649 cm³/mol. The molecule has 0 radical (unpaired) electrons. The Labute approximate surface area is 871 Å². The van der Waals surface area contributed by atoms with Crippen molar-refractivity contribution in [2.45, 2.75) is 293 Å². The standard InChI is InChI=1S/3C27H20.2C14H13N.16C2H6/c1-17-11-13-21-19-7-3-5-9-23(19)27(25(21)15-17)24-10-6-4-8-20(24)22-14-12-18(2)16-26(22)27;1-17-11-13-25-21(15-17)22-16-18(2)12-14-26(22)27(25)23-9-5-3-7-19(23)20-8-4-6-10-24(20)27;1-17-11-13-21-22-14-12-18(2)16-26(22)27(25(21)15-17)23-9-5-3-7-19(23)20-8-4-6-10-24(20)27;1-10-6-5-9-13-14(10)11-7-3-4-8-12(11)15(13)2;1-10-7-8-14-12(9-10)11-5-3-4-6-13(11)15(14)2;16*1-2/h3*3-16H,1-2H3;2*3-9H,1-2H3;16*1-2H3. The summed E-state index contributed by atoms with van der Waals surface area (Å²) in [6.07, 6.45) is 0. The number of hydrogen-bond donors (Lipinski definition) is 0. The van der Waals surface area contributed by atoms with Crippen molar-refractivity contribution in [1.82, 2.24) is 9.13 Å². The van der Waals surface area contributed by atoms with Crippen LogP contribution in [0.5, 0.6) is 0 Å². The van der Waals surface area contributed by atoms with Crippen LogP contribution < -0.4 is 0 Å². The lowest BCUT2D eigenvalue weighted by atomic mass is 9.70. The van der Waals surface area contributed by atoms with Gasteiger partial charge in [0, 0.05) is 57.7 Å². The summed E-state index contributed by atoms with van der Waals surface area (Å²) in [6.45, 7) is 81.5. The van der Waals surface area contributed by atoms with Crippen LogP contribution >= 0.6 is 0 Å². The molecule has 0 aliphatic heterocycles. The molecule has 3 spiro atoms. The summed E-state index contributed by atoms with van der Waals surface area (Å²) >= 11 is 0. The molecule has 2 heterocycles. The SMILES string of the molecule is CC.CC.CC.CC.CC.CC.CC.CC.CC.CC.CC.CC.CC.CC.CC.CC.Cc1ccc2c(c1)-c1cc(C)ccc1C21c2ccccc2-c2ccccc21.Cc1ccc2c(c1)C1(c3ccccc3-2)c2ccccc2-c2ccc(C)cc21.Cc1ccc2c(c1)C1(c3ccccc3-c3ccccc31)c1cc(C)ccc1-2.Cc1ccc2c(c1)c1ccccc1n2C.Cc1cccc2c1c1ccccc1n2C. The third-order valence-corrected chi connectivity index (χ3v) is 25.4. The fourth-order valence-corrected chi connectivity index (χ4v) is 20.8. The molecule has 0 bridgehead atoms. The van der Waals surface area contributed by atoms with E-state index in [0.717, 1.165) is 0 Å². The lowest BCUT2D eigenvalue weighted by Crippen LogP contribution is -2.26. The molecule has 6 aliphatic carbocycles. The van der Waals surface area contributed by atoms with Gasteiger partial charge in [0.15, 0.2) is 0 Å². The highest BCUT2D eigenvalue weighted by Crippen LogP contribution is 2.66. The summed E-state index contributed by atoms with van der Waals surface area (Å²) in [5.41, 5.74) is 48.8. The first kappa shape index (κ1) is 122. The summed E-state index contributed by atoms with van der Waals surface area (Å²) in [5, 5.41) is 5.44. The zero-order valence-corrected chi connectivity index (χ0v) is 96.7. The molecule has 0 saturated carbocycles. The highest BCUT2D eigenvalue weighted by Gasteiger charge is 2.55. The van der Waals surface area contributed by atoms with Gasteiger partial charge in [0.1, 0.15) is 0 Å². The van der Waals surface area contributed by atoms with E-state index >= 15 is 0 Å². The average Bonchev–Trinajstić information content (AvgIpc) is 1.52. The number of rotatable bonds is 0. The molecule has 24 rings (SSSR count). The van der Waals surface area contributed by atoms with Gasteiger partial charge in [0.05, 0.1) is 16.2 Å². The van der Waals surface area contributed by atoms with Crippen LogP contribution in [0.2, 0.25) is 0 Å². The van der Waals surface area contributed by atoms with E-state index in [-0.39, 0.29) is 16.2 Å². The number of fused-ring (bicyclic) bond motifs is 36. The average molecular weight is 1910 g/mol. The van der Waals surface area contributed by atoms with E-state index in [2.05, 4.69) is 418 Å². The minimum atomic E-state index is -0.199. The van der Waals surface area contributed by atoms with Crippen LogP contribution in [-0.2, 0) is 30.3 Å². The van der Waals surface area contributed by atoms with Crippen molar-refractivity contribution in [3.63, 3.8) is 0 Å². The van der Waals surface area contributed by atoms with Crippen LogP contribution in [0.15, 0.2) is 340 Å². The van der Waals surface area contributed by atoms with Gasteiger partial charge in [-0.25, -0.2) is 0 Å². The third kappa shape index (κ3) is 23.2. The van der Waals surface area contributed by atoms with Gasteiger partial charge in [-0.2, -0.15) is 0 Å². The lowest BCUT2D eigenvalue weighted by Gasteiger charge is -2.30. The Morgan fingerprint density at radius 2 is 0.336 bits per heavy atom. The molecule has 0 N–H and O–H groups in total. The smallest absolute Gasteiger partial charge is 0.0725 e. The maximum Gasteiger partial charge on any atom is 0.0725 e. The van der Waals surface area contributed by atoms with E-state index in [9.17, 15) is 0 Å². The first-order chi connectivity index (χ1) is 70.2. The molecule has 0 saturated heterocycles. The number of para-hydroxylation sites is 2. The quantitative estimate of drug-likeness (QED) is 0.143. The van der Waals surface area contributed by atoms with Crippen LogP contribution in [0.4, 0.5) is 0 Å². The van der Waals surface area contributed by atoms with Crippen LogP contribution in [0.3, 0.4) is 0 Å². The summed E-state index contributed by atoms with van der Waals surface area (Å²) in [6, 6.07) is 126. The Bertz CT molecular complexity index is 6570. The van der Waals surface area contributed by atoms with E-state index < -0.39 is 0 Å². The number of benzene rings is 16. The van der Waals surface area contributed by atoms with Gasteiger partial charge in [-0.3, -0.25) is 0 Å². The summed E-state index contributed by atoms with van der Waals surface area (Å²) in [5.74, 6) is 0. The third-order valence-electron chi connectivity index (χ3n) is 25.4. The molecule has 18 aromatic rings. The van der Waals surface area contributed by atoms with Crippen molar-refractivity contribution in [2.24, 2.45) is 14.1 Å². The molecule has 2 nitrogen and oxygen atoms in total. The topological polar surface area (TPSA) is 9.86 Å². The van der Waals surface area contributed by atoms with E-state index in [1.807, 2.05) is 222 Å². The van der Waals surface area contributed by atoms with Crippen LogP contribution in [0.1, 0.15) is 333 Å². The monoisotopic (exact) mass is 1900 g/mol. The van der Waals surface area contributed by atoms with Gasteiger partial charge in [-0.1, -0.05) is 570 Å². The zero-order chi connectivity index (χ0) is 107. The van der Waals surface area contributed by atoms with Gasteiger partial charge in [0.2, 0.25) is 0 Å². The molecule has 0 fully saturated rings. The first-order valence-corrected chi connectivity index (χ1v) is 55.3. The molecule has 6 aliphatic rings. The Hall–Kier alpha value is -12.9. The lowest BCUT2D eigenvalue weighted by molar-refractivity contribution is 0.791. The van der Waals surface area contributed by atoms with E-state index in [1.54, 1.807) is 0 Å². The van der Waals surface area contributed by atoms with Crippen LogP contribution in [-0.4, -0.2) is 9.13 Å². The molecule has 0 amide bonds. The van der Waals surface area contributed by atoms with E-state index in [1.165, 1.54) is 222 Å². The summed E-state index contributed by atoms with van der Waals surface area (Å²) < 4.78 is 4.52. The van der Waals surface area contributed by atoms with E-state index in [0.29, 0.717) is 0 Å². The minimum Gasteiger partial charge on any atom is -0.344 e. The van der Waals surface area contributed by atoms with Crippen molar-refractivity contribution in [3.05, 3.63) is 451 Å². The number of aryl methyl sites for hydroxylation is 10. The van der Waals surface area contributed by atoms with Crippen molar-refractivity contribution in [2.75, 3.05) is 0 Å². The molecule has 16 aromatic carbocycles. The molecular weight excluding hydrogens is 1720 g/mol. The highest BCUT2D eigenvalue weighted by atomic mass is 14.9. The largest absolute Gasteiger partial charge is 0.344 e. The Kier molecular flexibility index (Phi) is 51.8. The number of hydrogen-bond acceptors (Lipinski definition) is 0. The number of aromatic nitrogens is 2. The molecule has 2 aromatic heterocycles. The molecule has 2 heteroatoms. The Balaban J connectivity index is 0.000000352. The zero-order valence-electron chi connectivity index (χ0n) is 96.7. The van der Waals surface area contributed by atoms with Crippen LogP contribution in [0, 0.1) is 55.4 Å². The second-order valence-corrected chi connectivity index (χ2v) is 32.0. The van der Waals surface area contributed by atoms with Crippen molar-refractivity contribution in [3.8, 4) is 66.8 Å². The van der Waals surface area contributed by atoms with Gasteiger partial charge in [-0.05, 0) is 225 Å². The maximum absolute atomic E-state index is 2.41. The van der Waals surface area contributed by atoms with Crippen molar-refractivity contribution >= 4 is 43.6 Å². The molecule has 756 valence electrons. The van der Waals surface area contributed by atoms with E-state index in [4.69, 9.17) is 0 Å². The van der Waals surface area contributed by atoms with Gasteiger partial charge in [-0.15, -0.1) is 0 Å². The predicted octanol–water partition coefficient (Wildman–Crippen LogP) is 43.6. The van der Waals surface area contributed by atoms with Crippen LogP contribution in [0.25, 0.3) is 110 Å².